The molecule has 0 spiro atoms. The number of carbonyl (C=O) groups excluding carboxylic acids is 1. The molecule has 3 aliphatic rings. The number of hydrogen-bond donors (Lipinski definition) is 0. The van der Waals surface area contributed by atoms with Gasteiger partial charge in [-0.15, -0.1) is 0 Å². The number of rotatable bonds is 5. The van der Waals surface area contributed by atoms with Crippen molar-refractivity contribution in [3.05, 3.63) is 62.4 Å². The van der Waals surface area contributed by atoms with Gasteiger partial charge < -0.3 is 0 Å². The van der Waals surface area contributed by atoms with Crippen LogP contribution in [0.15, 0.2) is 57.5 Å². The molecule has 3 aliphatic heterocycles. The summed E-state index contributed by atoms with van der Waals surface area (Å²) in [7, 11) is -1.41. The molecule has 1 saturated heterocycles. The predicted molar refractivity (Wildman–Crippen MR) is 130 cm³/mol. The summed E-state index contributed by atoms with van der Waals surface area (Å²) in [4.78, 5) is 21.0. The SMILES string of the molecule is CCN1C=C(C=C[C-]2[Se+]c3ccccc3N2CC)S(=O)C1=C1SC(=S)N(CC)C1=O. The fourth-order valence-electron chi connectivity index (χ4n) is 3.49. The van der Waals surface area contributed by atoms with Crippen LogP contribution in [0.1, 0.15) is 20.8 Å². The number of benzene rings is 1. The molecule has 3 heterocycles. The monoisotopic (exact) mass is 524 g/mol. The molecule has 1 amide bonds. The number of fused-ring (bicyclic) bond motifs is 1. The van der Waals surface area contributed by atoms with Crippen molar-refractivity contribution >= 4 is 70.1 Å². The first kappa shape index (κ1) is 21.7. The van der Waals surface area contributed by atoms with Crippen molar-refractivity contribution in [3.63, 3.8) is 0 Å². The Hall–Kier alpha value is -1.51. The molecule has 0 aliphatic carbocycles. The number of amides is 1. The molecule has 1 fully saturated rings. The van der Waals surface area contributed by atoms with Crippen LogP contribution in [-0.4, -0.2) is 58.8 Å². The van der Waals surface area contributed by atoms with Crippen LogP contribution >= 0.6 is 24.0 Å². The first-order valence-corrected chi connectivity index (χ1v) is 13.9. The molecule has 30 heavy (non-hydrogen) atoms. The topological polar surface area (TPSA) is 43.9 Å². The zero-order valence-electron chi connectivity index (χ0n) is 17.0. The van der Waals surface area contributed by atoms with Crippen LogP contribution in [0.4, 0.5) is 5.69 Å². The van der Waals surface area contributed by atoms with Gasteiger partial charge in [-0.25, -0.2) is 0 Å². The Morgan fingerprint density at radius 1 is 1.20 bits per heavy atom. The first-order chi connectivity index (χ1) is 14.5. The zero-order chi connectivity index (χ0) is 21.4. The van der Waals surface area contributed by atoms with E-state index < -0.39 is 10.8 Å². The normalized spacial score (nSPS) is 24.0. The summed E-state index contributed by atoms with van der Waals surface area (Å²) in [6, 6.07) is 8.48. The Balaban J connectivity index is 1.60. The van der Waals surface area contributed by atoms with Crippen LogP contribution in [0.3, 0.4) is 0 Å². The third kappa shape index (κ3) is 3.67. The van der Waals surface area contributed by atoms with Gasteiger partial charge in [0.2, 0.25) is 0 Å². The Morgan fingerprint density at radius 2 is 1.97 bits per heavy atom. The van der Waals surface area contributed by atoms with Gasteiger partial charge >= 0.3 is 197 Å². The average Bonchev–Trinajstić information content (AvgIpc) is 3.36. The predicted octanol–water partition coefficient (Wildman–Crippen LogP) is 2.88. The van der Waals surface area contributed by atoms with Gasteiger partial charge in [-0.1, -0.05) is 0 Å². The third-order valence-electron chi connectivity index (χ3n) is 4.98. The van der Waals surface area contributed by atoms with Crippen molar-refractivity contribution in [2.24, 2.45) is 0 Å². The molecule has 157 valence electrons. The maximum absolute atomic E-state index is 13.3. The Morgan fingerprint density at radius 3 is 2.63 bits per heavy atom. The molecule has 4 rings (SSSR count). The van der Waals surface area contributed by atoms with E-state index in [-0.39, 0.29) is 20.9 Å². The number of carbonyl (C=O) groups is 1. The average molecular weight is 524 g/mol. The second-order valence-corrected chi connectivity index (χ2v) is 11.9. The van der Waals surface area contributed by atoms with Gasteiger partial charge in [-0.05, 0) is 0 Å². The molecule has 1 aromatic carbocycles. The standard InChI is InChI=1S/C21H22N3O2S3Se/c1-4-22-13-14(29(26)20(22)18-19(25)24(6-3)21(27)28-18)11-12-17-23(5-2)15-9-7-8-10-16(15)30-17/h7-13H,4-6H2,1-3H3. The molecular weight excluding hydrogens is 501 g/mol. The fourth-order valence-corrected chi connectivity index (χ4v) is 8.86. The van der Waals surface area contributed by atoms with E-state index in [1.165, 1.54) is 26.9 Å². The van der Waals surface area contributed by atoms with Crippen molar-refractivity contribution in [1.82, 2.24) is 9.80 Å². The molecule has 5 nitrogen and oxygen atoms in total. The van der Waals surface area contributed by atoms with Gasteiger partial charge in [0.15, 0.2) is 0 Å². The number of thiocarbonyl (C=S) groups is 1. The van der Waals surface area contributed by atoms with Crippen LogP contribution in [0.5, 0.6) is 0 Å². The van der Waals surface area contributed by atoms with Crippen LogP contribution in [0, 0.1) is 4.94 Å². The number of thioether (sulfide) groups is 1. The van der Waals surface area contributed by atoms with Crippen LogP contribution in [-0.2, 0) is 15.6 Å². The summed E-state index contributed by atoms with van der Waals surface area (Å²) in [6.07, 6.45) is 5.92. The summed E-state index contributed by atoms with van der Waals surface area (Å²) in [5, 5.41) is 0.558. The maximum atomic E-state index is 13.3. The number of para-hydroxylation sites is 1. The number of nitrogens with zero attached hydrogens (tertiary/aromatic N) is 3. The molecule has 1 radical (unpaired) electrons. The molecule has 0 N–H and O–H groups in total. The number of anilines is 1. The summed E-state index contributed by atoms with van der Waals surface area (Å²) >= 11 is 6.81. The van der Waals surface area contributed by atoms with Crippen molar-refractivity contribution in [1.29, 1.82) is 0 Å². The number of likely N-dealkylation sites (N-methyl/N-ethyl adjacent to an activating group) is 2. The zero-order valence-corrected chi connectivity index (χ0v) is 21.1. The van der Waals surface area contributed by atoms with Gasteiger partial charge in [0, 0.05) is 0 Å². The Bertz CT molecular complexity index is 1020. The van der Waals surface area contributed by atoms with Gasteiger partial charge in [-0.3, -0.25) is 0 Å². The van der Waals surface area contributed by atoms with E-state index in [0.717, 1.165) is 6.54 Å². The van der Waals surface area contributed by atoms with Crippen molar-refractivity contribution < 1.29 is 9.00 Å². The van der Waals surface area contributed by atoms with Crippen molar-refractivity contribution in [3.8, 4) is 0 Å². The summed E-state index contributed by atoms with van der Waals surface area (Å²) in [5.41, 5.74) is 1.26. The quantitative estimate of drug-likeness (QED) is 0.256. The molecule has 1 unspecified atom stereocenters. The van der Waals surface area contributed by atoms with Gasteiger partial charge in [0.25, 0.3) is 0 Å². The minimum atomic E-state index is -1.41. The molecular formula is C21H22N3O2S3Se. The van der Waals surface area contributed by atoms with Crippen molar-refractivity contribution in [2.75, 3.05) is 24.5 Å². The van der Waals surface area contributed by atoms with Crippen LogP contribution in [0.2, 0.25) is 0 Å². The Labute approximate surface area is 195 Å². The summed E-state index contributed by atoms with van der Waals surface area (Å²) in [6.45, 7) is 8.09. The second-order valence-electron chi connectivity index (χ2n) is 6.62. The van der Waals surface area contributed by atoms with Gasteiger partial charge in [0.1, 0.15) is 0 Å². The van der Waals surface area contributed by atoms with E-state index in [2.05, 4.69) is 42.2 Å². The molecule has 1 atom stereocenters. The van der Waals surface area contributed by atoms with Gasteiger partial charge in [-0.2, -0.15) is 0 Å². The van der Waals surface area contributed by atoms with E-state index in [9.17, 15) is 9.00 Å². The van der Waals surface area contributed by atoms with E-state index in [1.54, 1.807) is 4.90 Å². The van der Waals surface area contributed by atoms with Crippen LogP contribution < -0.4 is 9.36 Å². The molecule has 9 heteroatoms. The van der Waals surface area contributed by atoms with Gasteiger partial charge in [0.05, 0.1) is 0 Å². The minimum absolute atomic E-state index is 0.144. The van der Waals surface area contributed by atoms with E-state index in [0.29, 0.717) is 32.2 Å². The molecule has 0 saturated carbocycles. The summed E-state index contributed by atoms with van der Waals surface area (Å²) < 4.78 is 15.2. The third-order valence-corrected chi connectivity index (χ3v) is 10.4. The fraction of sp³-hybridized carbons (Fsp3) is 0.286. The number of allylic oxidation sites excluding steroid dienone is 1. The number of hydrogen-bond acceptors (Lipinski definition) is 6. The van der Waals surface area contributed by atoms with Crippen LogP contribution in [0.25, 0.3) is 0 Å². The summed E-state index contributed by atoms with van der Waals surface area (Å²) in [5.74, 6) is -0.144. The molecule has 0 aromatic heterocycles. The van der Waals surface area contributed by atoms with E-state index in [4.69, 9.17) is 12.2 Å². The molecule has 0 bridgehead atoms. The van der Waals surface area contributed by atoms with E-state index in [1.807, 2.05) is 31.0 Å². The Kier molecular flexibility index (Phi) is 6.46. The molecule has 1 aromatic rings. The second kappa shape index (κ2) is 8.92. The first-order valence-electron chi connectivity index (χ1n) is 9.77. The van der Waals surface area contributed by atoms with Crippen molar-refractivity contribution in [2.45, 2.75) is 20.8 Å². The van der Waals surface area contributed by atoms with E-state index >= 15 is 0 Å².